The van der Waals surface area contributed by atoms with Crippen molar-refractivity contribution in [3.05, 3.63) is 77.6 Å². The van der Waals surface area contributed by atoms with Gasteiger partial charge in [0.25, 0.3) is 0 Å². The van der Waals surface area contributed by atoms with Gasteiger partial charge >= 0.3 is 5.97 Å². The Balaban J connectivity index is 1.43. The van der Waals surface area contributed by atoms with E-state index in [1.165, 1.54) is 28.6 Å². The summed E-state index contributed by atoms with van der Waals surface area (Å²) >= 11 is 5.85. The van der Waals surface area contributed by atoms with Crippen LogP contribution in [-0.2, 0) is 26.2 Å². The molecule has 1 aliphatic heterocycles. The zero-order valence-electron chi connectivity index (χ0n) is 16.0. The van der Waals surface area contributed by atoms with E-state index >= 15 is 0 Å². The van der Waals surface area contributed by atoms with Crippen LogP contribution in [0.15, 0.2) is 71.9 Å². The lowest BCUT2D eigenvalue weighted by molar-refractivity contribution is -0.148. The van der Waals surface area contributed by atoms with Crippen molar-refractivity contribution in [1.29, 1.82) is 0 Å². The molecule has 1 aliphatic rings. The number of para-hydroxylation sites is 1. The molecular formula is C21H20ClN3O4S. The maximum absolute atomic E-state index is 13.0. The minimum absolute atomic E-state index is 0.0248. The van der Waals surface area contributed by atoms with Gasteiger partial charge in [-0.3, -0.25) is 4.79 Å². The van der Waals surface area contributed by atoms with Gasteiger partial charge in [0.1, 0.15) is 12.6 Å². The lowest BCUT2D eigenvalue weighted by Gasteiger charge is -2.22. The predicted molar refractivity (Wildman–Crippen MR) is 112 cm³/mol. The Morgan fingerprint density at radius 2 is 1.87 bits per heavy atom. The van der Waals surface area contributed by atoms with Gasteiger partial charge in [-0.05, 0) is 49.2 Å². The van der Waals surface area contributed by atoms with Crippen LogP contribution >= 0.6 is 11.6 Å². The molecular weight excluding hydrogens is 426 g/mol. The molecule has 30 heavy (non-hydrogen) atoms. The second-order valence-corrected chi connectivity index (χ2v) is 9.29. The first kappa shape index (κ1) is 20.6. The van der Waals surface area contributed by atoms with Crippen molar-refractivity contribution in [2.45, 2.75) is 30.4 Å². The first-order chi connectivity index (χ1) is 14.4. The van der Waals surface area contributed by atoms with Crippen molar-refractivity contribution in [3.63, 3.8) is 0 Å². The van der Waals surface area contributed by atoms with Crippen molar-refractivity contribution in [3.8, 4) is 5.69 Å². The summed E-state index contributed by atoms with van der Waals surface area (Å²) in [6, 6.07) is 14.6. The van der Waals surface area contributed by atoms with E-state index in [2.05, 4.69) is 5.10 Å². The Kier molecular flexibility index (Phi) is 5.90. The van der Waals surface area contributed by atoms with Crippen molar-refractivity contribution in [1.82, 2.24) is 14.1 Å². The van der Waals surface area contributed by atoms with Crippen LogP contribution in [0.2, 0.25) is 5.02 Å². The maximum Gasteiger partial charge on any atom is 0.324 e. The molecule has 1 atom stereocenters. The summed E-state index contributed by atoms with van der Waals surface area (Å²) in [7, 11) is -3.81. The zero-order chi connectivity index (χ0) is 21.1. The van der Waals surface area contributed by atoms with E-state index in [4.69, 9.17) is 16.3 Å². The van der Waals surface area contributed by atoms with Crippen LogP contribution in [0.4, 0.5) is 0 Å². The normalized spacial score (nSPS) is 17.2. The van der Waals surface area contributed by atoms with Crippen LogP contribution in [0.3, 0.4) is 0 Å². The largest absolute Gasteiger partial charge is 0.460 e. The summed E-state index contributed by atoms with van der Waals surface area (Å²) in [5, 5.41) is 4.72. The predicted octanol–water partition coefficient (Wildman–Crippen LogP) is 3.42. The third-order valence-corrected chi connectivity index (χ3v) is 7.11. The highest BCUT2D eigenvalue weighted by atomic mass is 35.5. The summed E-state index contributed by atoms with van der Waals surface area (Å²) in [5.41, 5.74) is 1.61. The molecule has 0 saturated carbocycles. The molecule has 0 aliphatic carbocycles. The minimum atomic E-state index is -3.81. The second kappa shape index (κ2) is 8.59. The molecule has 0 unspecified atom stereocenters. The molecule has 3 aromatic rings. The van der Waals surface area contributed by atoms with Crippen LogP contribution < -0.4 is 0 Å². The molecule has 0 spiro atoms. The maximum atomic E-state index is 13.0. The number of esters is 1. The molecule has 0 radical (unpaired) electrons. The van der Waals surface area contributed by atoms with Gasteiger partial charge in [0.05, 0.1) is 16.8 Å². The second-order valence-electron chi connectivity index (χ2n) is 6.96. The van der Waals surface area contributed by atoms with E-state index in [9.17, 15) is 13.2 Å². The molecule has 9 heteroatoms. The van der Waals surface area contributed by atoms with Crippen molar-refractivity contribution >= 4 is 27.6 Å². The number of hydrogen-bond acceptors (Lipinski definition) is 5. The van der Waals surface area contributed by atoms with Crippen LogP contribution in [0, 0.1) is 0 Å². The molecule has 2 heterocycles. The fourth-order valence-electron chi connectivity index (χ4n) is 3.41. The number of sulfonamides is 1. The number of carbonyl (C=O) groups is 1. The lowest BCUT2D eigenvalue weighted by Crippen LogP contribution is -2.41. The van der Waals surface area contributed by atoms with Gasteiger partial charge in [-0.2, -0.15) is 9.40 Å². The topological polar surface area (TPSA) is 81.5 Å². The third kappa shape index (κ3) is 4.26. The van der Waals surface area contributed by atoms with Crippen LogP contribution in [-0.4, -0.2) is 41.1 Å². The third-order valence-electron chi connectivity index (χ3n) is 4.93. The quantitative estimate of drug-likeness (QED) is 0.543. The summed E-state index contributed by atoms with van der Waals surface area (Å²) < 4.78 is 34.2. The highest BCUT2D eigenvalue weighted by molar-refractivity contribution is 7.89. The first-order valence-electron chi connectivity index (χ1n) is 9.48. The van der Waals surface area contributed by atoms with Crippen LogP contribution in [0.25, 0.3) is 5.69 Å². The molecule has 4 rings (SSSR count). The molecule has 7 nitrogen and oxygen atoms in total. The number of hydrogen-bond donors (Lipinski definition) is 0. The van der Waals surface area contributed by atoms with Crippen LogP contribution in [0.5, 0.6) is 0 Å². The Hall–Kier alpha value is -2.68. The molecule has 0 bridgehead atoms. The molecule has 2 aromatic carbocycles. The Bertz CT molecular complexity index is 1130. The van der Waals surface area contributed by atoms with Gasteiger partial charge in [-0.1, -0.05) is 29.8 Å². The number of nitrogens with zero attached hydrogens (tertiary/aromatic N) is 3. The average Bonchev–Trinajstić information content (AvgIpc) is 3.43. The molecule has 0 N–H and O–H groups in total. The number of benzene rings is 2. The van der Waals surface area contributed by atoms with Crippen molar-refractivity contribution in [2.24, 2.45) is 0 Å². The first-order valence-corrected chi connectivity index (χ1v) is 11.3. The molecule has 0 amide bonds. The highest BCUT2D eigenvalue weighted by Gasteiger charge is 2.40. The Morgan fingerprint density at radius 1 is 1.13 bits per heavy atom. The van der Waals surface area contributed by atoms with E-state index < -0.39 is 22.0 Å². The lowest BCUT2D eigenvalue weighted by atomic mass is 10.2. The van der Waals surface area contributed by atoms with Gasteiger partial charge in [-0.15, -0.1) is 0 Å². The van der Waals surface area contributed by atoms with Gasteiger partial charge in [0.2, 0.25) is 10.0 Å². The fraction of sp³-hybridized carbons (Fsp3) is 0.238. The number of aromatic nitrogens is 2. The number of carbonyl (C=O) groups excluding carboxylic acids is 1. The standard InChI is InChI=1S/C21H20ClN3O4S/c22-17-8-10-19(11-9-17)30(27,28)25-12-4-7-20(25)21(26)29-15-16-13-23-24(14-16)18-5-2-1-3-6-18/h1-3,5-6,8-11,13-14,20H,4,7,12,15H2/t20-/m0/s1. The monoisotopic (exact) mass is 445 g/mol. The molecule has 1 aromatic heterocycles. The molecule has 1 fully saturated rings. The fourth-order valence-corrected chi connectivity index (χ4v) is 5.19. The summed E-state index contributed by atoms with van der Waals surface area (Å²) in [5.74, 6) is -0.558. The van der Waals surface area contributed by atoms with Gasteiger partial charge in [0.15, 0.2) is 0 Å². The van der Waals surface area contributed by atoms with Gasteiger partial charge < -0.3 is 4.74 Å². The molecule has 1 saturated heterocycles. The highest BCUT2D eigenvalue weighted by Crippen LogP contribution is 2.27. The van der Waals surface area contributed by atoms with E-state index in [0.29, 0.717) is 17.9 Å². The summed E-state index contributed by atoms with van der Waals surface area (Å²) in [6.45, 7) is 0.299. The Labute approximate surface area is 179 Å². The Morgan fingerprint density at radius 3 is 2.60 bits per heavy atom. The summed E-state index contributed by atoms with van der Waals surface area (Å²) in [6.07, 6.45) is 4.42. The van der Waals surface area contributed by atoms with Gasteiger partial charge in [0, 0.05) is 23.3 Å². The van der Waals surface area contributed by atoms with E-state index in [-0.39, 0.29) is 18.0 Å². The SMILES string of the molecule is O=C(OCc1cnn(-c2ccccc2)c1)[C@@H]1CCCN1S(=O)(=O)c1ccc(Cl)cc1. The number of rotatable bonds is 6. The smallest absolute Gasteiger partial charge is 0.324 e. The zero-order valence-corrected chi connectivity index (χ0v) is 17.6. The number of ether oxygens (including phenoxy) is 1. The molecule has 156 valence electrons. The van der Waals surface area contributed by atoms with Crippen molar-refractivity contribution < 1.29 is 17.9 Å². The minimum Gasteiger partial charge on any atom is -0.460 e. The van der Waals surface area contributed by atoms with Crippen LogP contribution in [0.1, 0.15) is 18.4 Å². The summed E-state index contributed by atoms with van der Waals surface area (Å²) in [4.78, 5) is 12.8. The number of halogens is 1. The van der Waals surface area contributed by atoms with E-state index in [1.807, 2.05) is 30.3 Å². The average molecular weight is 446 g/mol. The van der Waals surface area contributed by atoms with E-state index in [0.717, 1.165) is 11.3 Å². The van der Waals surface area contributed by atoms with Gasteiger partial charge in [-0.25, -0.2) is 13.1 Å². The van der Waals surface area contributed by atoms with E-state index in [1.54, 1.807) is 17.1 Å². The van der Waals surface area contributed by atoms with Crippen molar-refractivity contribution in [2.75, 3.05) is 6.54 Å².